The van der Waals surface area contributed by atoms with Crippen LogP contribution >= 0.6 is 0 Å². The van der Waals surface area contributed by atoms with Gasteiger partial charge in [0.2, 0.25) is 0 Å². The van der Waals surface area contributed by atoms with Crippen molar-refractivity contribution < 1.29 is 41.0 Å². The predicted molar refractivity (Wildman–Crippen MR) is 74.8 cm³/mol. The van der Waals surface area contributed by atoms with Crippen LogP contribution in [0.25, 0.3) is 0 Å². The van der Waals surface area contributed by atoms with E-state index in [-0.39, 0.29) is 24.6 Å². The van der Waals surface area contributed by atoms with Gasteiger partial charge in [-0.25, -0.2) is 4.79 Å². The summed E-state index contributed by atoms with van der Waals surface area (Å²) in [6.45, 7) is 4.89. The van der Waals surface area contributed by atoms with E-state index in [2.05, 4.69) is 6.58 Å². The zero-order valence-corrected chi connectivity index (χ0v) is 12.8. The van der Waals surface area contributed by atoms with Gasteiger partial charge in [0.25, 0.3) is 5.91 Å². The van der Waals surface area contributed by atoms with Crippen LogP contribution < -0.4 is 5.32 Å². The molecular formula is C15H13F6NO3. The second kappa shape index (κ2) is 7.16. The standard InChI is InChI=1S/C15H13F6NO3/c1-7(2)3-11(13(24)25)22-12(23)8-4-9(14(16,17)18)6-10(5-8)15(19,20)21/h4-6,11H,1,3H2,2H3,(H,22,23)(H,24,25)/t11-/m1/s1. The Hall–Kier alpha value is -2.52. The molecule has 0 unspecified atom stereocenters. The van der Waals surface area contributed by atoms with E-state index in [0.717, 1.165) is 0 Å². The summed E-state index contributed by atoms with van der Waals surface area (Å²) in [6.07, 6.45) is -10.5. The van der Waals surface area contributed by atoms with E-state index in [1.54, 1.807) is 0 Å². The van der Waals surface area contributed by atoms with E-state index >= 15 is 0 Å². The number of halogens is 6. The molecule has 4 nitrogen and oxygen atoms in total. The van der Waals surface area contributed by atoms with Crippen LogP contribution in [0, 0.1) is 0 Å². The lowest BCUT2D eigenvalue weighted by Crippen LogP contribution is -2.41. The number of hydrogen-bond donors (Lipinski definition) is 2. The van der Waals surface area contributed by atoms with Crippen molar-refractivity contribution in [3.8, 4) is 0 Å². The fraction of sp³-hybridized carbons (Fsp3) is 0.333. The molecule has 138 valence electrons. The maximum atomic E-state index is 12.8. The second-order valence-corrected chi connectivity index (χ2v) is 5.32. The number of rotatable bonds is 5. The summed E-state index contributed by atoms with van der Waals surface area (Å²) >= 11 is 0. The van der Waals surface area contributed by atoms with Crippen molar-refractivity contribution in [1.82, 2.24) is 5.32 Å². The van der Waals surface area contributed by atoms with Crippen LogP contribution in [0.1, 0.15) is 34.8 Å². The van der Waals surface area contributed by atoms with Gasteiger partial charge in [-0.05, 0) is 31.5 Å². The van der Waals surface area contributed by atoms with Gasteiger partial charge in [0.05, 0.1) is 11.1 Å². The first-order chi connectivity index (χ1) is 11.2. The average Bonchev–Trinajstić information content (AvgIpc) is 2.43. The number of amides is 1. The predicted octanol–water partition coefficient (Wildman–Crippen LogP) is 3.87. The lowest BCUT2D eigenvalue weighted by molar-refractivity contribution is -0.143. The zero-order chi connectivity index (χ0) is 19.6. The Balaban J connectivity index is 3.28. The van der Waals surface area contributed by atoms with Gasteiger partial charge in [-0.1, -0.05) is 5.57 Å². The van der Waals surface area contributed by atoms with Gasteiger partial charge in [-0.3, -0.25) is 4.79 Å². The summed E-state index contributed by atoms with van der Waals surface area (Å²) in [5, 5.41) is 10.9. The molecule has 2 N–H and O–H groups in total. The van der Waals surface area contributed by atoms with Crippen molar-refractivity contribution in [3.05, 3.63) is 47.0 Å². The molecule has 0 aromatic heterocycles. The minimum absolute atomic E-state index is 0.126. The maximum Gasteiger partial charge on any atom is 0.416 e. The first-order valence-corrected chi connectivity index (χ1v) is 6.69. The molecule has 0 bridgehead atoms. The third kappa shape index (κ3) is 5.80. The van der Waals surface area contributed by atoms with Crippen LogP contribution in [-0.4, -0.2) is 23.0 Å². The van der Waals surface area contributed by atoms with Gasteiger partial charge >= 0.3 is 18.3 Å². The van der Waals surface area contributed by atoms with Gasteiger partial charge in [-0.15, -0.1) is 6.58 Å². The molecule has 1 rings (SSSR count). The van der Waals surface area contributed by atoms with Crippen LogP contribution in [-0.2, 0) is 17.1 Å². The van der Waals surface area contributed by atoms with Gasteiger partial charge in [0.15, 0.2) is 0 Å². The van der Waals surface area contributed by atoms with Crippen LogP contribution in [0.4, 0.5) is 26.3 Å². The van der Waals surface area contributed by atoms with Crippen LogP contribution in [0.3, 0.4) is 0 Å². The lowest BCUT2D eigenvalue weighted by Gasteiger charge is -2.17. The zero-order valence-electron chi connectivity index (χ0n) is 12.8. The first-order valence-electron chi connectivity index (χ1n) is 6.69. The van der Waals surface area contributed by atoms with E-state index in [1.165, 1.54) is 6.92 Å². The van der Waals surface area contributed by atoms with Gasteiger partial charge in [0, 0.05) is 5.56 Å². The molecule has 0 spiro atoms. The summed E-state index contributed by atoms with van der Waals surface area (Å²) in [5.74, 6) is -2.87. The summed E-state index contributed by atoms with van der Waals surface area (Å²) in [7, 11) is 0. The number of carbonyl (C=O) groups excluding carboxylic acids is 1. The molecular weight excluding hydrogens is 356 g/mol. The van der Waals surface area contributed by atoms with E-state index in [9.17, 15) is 35.9 Å². The number of carboxylic acid groups (broad SMARTS) is 1. The second-order valence-electron chi connectivity index (χ2n) is 5.32. The Kier molecular flexibility index (Phi) is 5.88. The molecule has 0 aliphatic carbocycles. The number of carbonyl (C=O) groups is 2. The SMILES string of the molecule is C=C(C)C[C@@H](NC(=O)c1cc(C(F)(F)F)cc(C(F)(F)F)c1)C(=O)O. The summed E-state index contributed by atoms with van der Waals surface area (Å²) in [4.78, 5) is 23.0. The highest BCUT2D eigenvalue weighted by molar-refractivity contribution is 5.97. The smallest absolute Gasteiger partial charge is 0.416 e. The van der Waals surface area contributed by atoms with E-state index in [4.69, 9.17) is 5.11 Å². The Morgan fingerprint density at radius 1 is 1.08 bits per heavy atom. The Morgan fingerprint density at radius 3 is 1.84 bits per heavy atom. The first kappa shape index (κ1) is 20.5. The molecule has 0 aliphatic rings. The van der Waals surface area contributed by atoms with Gasteiger partial charge in [-0.2, -0.15) is 26.3 Å². The minimum Gasteiger partial charge on any atom is -0.480 e. The Labute approximate surface area is 138 Å². The van der Waals surface area contributed by atoms with E-state index in [0.29, 0.717) is 5.57 Å². The minimum atomic E-state index is -5.11. The number of carboxylic acids is 1. The van der Waals surface area contributed by atoms with Crippen LogP contribution in [0.2, 0.25) is 0 Å². The van der Waals surface area contributed by atoms with Crippen molar-refractivity contribution in [2.75, 3.05) is 0 Å². The van der Waals surface area contributed by atoms with Crippen molar-refractivity contribution in [3.63, 3.8) is 0 Å². The third-order valence-corrected chi connectivity index (χ3v) is 3.01. The molecule has 0 aliphatic heterocycles. The molecule has 1 aromatic rings. The number of hydrogen-bond acceptors (Lipinski definition) is 2. The Bertz CT molecular complexity index is 661. The lowest BCUT2D eigenvalue weighted by atomic mass is 10.0. The number of nitrogens with one attached hydrogen (secondary N) is 1. The van der Waals surface area contributed by atoms with Gasteiger partial charge < -0.3 is 10.4 Å². The van der Waals surface area contributed by atoms with Crippen molar-refractivity contribution in [1.29, 1.82) is 0 Å². The van der Waals surface area contributed by atoms with Crippen molar-refractivity contribution >= 4 is 11.9 Å². The Morgan fingerprint density at radius 2 is 1.52 bits per heavy atom. The normalized spacial score (nSPS) is 13.2. The molecule has 1 amide bonds. The fourth-order valence-corrected chi connectivity index (χ4v) is 1.88. The molecule has 0 fully saturated rings. The maximum absolute atomic E-state index is 12.8. The number of benzene rings is 1. The van der Waals surface area contributed by atoms with E-state index < -0.39 is 47.0 Å². The molecule has 1 aromatic carbocycles. The summed E-state index contributed by atoms with van der Waals surface area (Å²) in [5.41, 5.74) is -3.93. The van der Waals surface area contributed by atoms with Crippen LogP contribution in [0.15, 0.2) is 30.4 Å². The summed E-state index contributed by atoms with van der Waals surface area (Å²) in [6, 6.07) is -1.21. The molecule has 1 atom stereocenters. The van der Waals surface area contributed by atoms with Crippen molar-refractivity contribution in [2.45, 2.75) is 31.7 Å². The van der Waals surface area contributed by atoms with Crippen molar-refractivity contribution in [2.24, 2.45) is 0 Å². The molecule has 10 heteroatoms. The largest absolute Gasteiger partial charge is 0.480 e. The number of aliphatic carboxylic acids is 1. The summed E-state index contributed by atoms with van der Waals surface area (Å²) < 4.78 is 76.5. The van der Waals surface area contributed by atoms with Gasteiger partial charge in [0.1, 0.15) is 6.04 Å². The highest BCUT2D eigenvalue weighted by atomic mass is 19.4. The quantitative estimate of drug-likeness (QED) is 0.612. The fourth-order valence-electron chi connectivity index (χ4n) is 1.88. The molecule has 0 heterocycles. The van der Waals surface area contributed by atoms with E-state index in [1.807, 2.05) is 5.32 Å². The highest BCUT2D eigenvalue weighted by Crippen LogP contribution is 2.36. The topological polar surface area (TPSA) is 66.4 Å². The monoisotopic (exact) mass is 369 g/mol. The highest BCUT2D eigenvalue weighted by Gasteiger charge is 2.37. The third-order valence-electron chi connectivity index (χ3n) is 3.01. The molecule has 0 saturated carbocycles. The molecule has 25 heavy (non-hydrogen) atoms. The number of alkyl halides is 6. The molecule has 0 radical (unpaired) electrons. The molecule has 0 saturated heterocycles. The van der Waals surface area contributed by atoms with Crippen LogP contribution in [0.5, 0.6) is 0 Å². The average molecular weight is 369 g/mol.